The van der Waals surface area contributed by atoms with Crippen molar-refractivity contribution in [3.8, 4) is 0 Å². The highest BCUT2D eigenvalue weighted by atomic mass is 15.3. The van der Waals surface area contributed by atoms with E-state index in [-0.39, 0.29) is 0 Å². The van der Waals surface area contributed by atoms with Crippen molar-refractivity contribution in [1.82, 2.24) is 15.5 Å². The van der Waals surface area contributed by atoms with Gasteiger partial charge in [0.05, 0.1) is 5.69 Å². The summed E-state index contributed by atoms with van der Waals surface area (Å²) in [5, 5.41) is 12.2. The van der Waals surface area contributed by atoms with Gasteiger partial charge >= 0.3 is 0 Å². The van der Waals surface area contributed by atoms with E-state index < -0.39 is 0 Å². The molecule has 4 nitrogen and oxygen atoms in total. The molecule has 2 heterocycles. The molecule has 2 aliphatic rings. The smallest absolute Gasteiger partial charge is 0.151 e. The molecule has 0 unspecified atom stereocenters. The molecule has 1 aromatic rings. The molecule has 1 saturated carbocycles. The molecule has 0 amide bonds. The molecular weight excluding hydrogens is 236 g/mol. The minimum atomic E-state index is 0.484. The Morgan fingerprint density at radius 3 is 2.53 bits per heavy atom. The molecule has 104 valence electrons. The van der Waals surface area contributed by atoms with Crippen LogP contribution in [0.4, 0.5) is 5.82 Å². The van der Waals surface area contributed by atoms with E-state index >= 15 is 0 Å². The molecule has 0 atom stereocenters. The fraction of sp³-hybridized carbons (Fsp3) is 0.733. The number of hydrogen-bond acceptors (Lipinski definition) is 4. The fourth-order valence-electron chi connectivity index (χ4n) is 2.49. The molecular formula is C15H24N4. The van der Waals surface area contributed by atoms with Crippen LogP contribution in [-0.4, -0.2) is 29.3 Å². The van der Waals surface area contributed by atoms with E-state index in [1.807, 2.05) is 0 Å². The summed E-state index contributed by atoms with van der Waals surface area (Å²) in [6.45, 7) is 7.75. The molecule has 4 heteroatoms. The first-order valence-corrected chi connectivity index (χ1v) is 7.43. The molecule has 1 N–H and O–H groups in total. The van der Waals surface area contributed by atoms with Crippen LogP contribution in [0.15, 0.2) is 12.1 Å². The first-order valence-electron chi connectivity index (χ1n) is 7.43. The third-order valence-electron chi connectivity index (χ3n) is 4.30. The molecule has 2 fully saturated rings. The molecule has 0 bridgehead atoms. The average molecular weight is 260 g/mol. The predicted molar refractivity (Wildman–Crippen MR) is 77.1 cm³/mol. The van der Waals surface area contributed by atoms with Crippen molar-refractivity contribution in [3.63, 3.8) is 0 Å². The summed E-state index contributed by atoms with van der Waals surface area (Å²) in [6.07, 6.45) is 5.10. The van der Waals surface area contributed by atoms with Crippen molar-refractivity contribution < 1.29 is 0 Å². The van der Waals surface area contributed by atoms with E-state index in [0.29, 0.717) is 5.41 Å². The molecule has 0 radical (unpaired) electrons. The number of anilines is 1. The summed E-state index contributed by atoms with van der Waals surface area (Å²) in [6, 6.07) is 4.96. The third kappa shape index (κ3) is 3.44. The highest BCUT2D eigenvalue weighted by molar-refractivity contribution is 5.37. The standard InChI is InChI=1S/C15H24N4/c1-15(2)7-9-19(10-8-15)14-6-5-13(17-18-14)11-16-12-3-4-12/h5-6,12,16H,3-4,7-11H2,1-2H3. The molecule has 1 aromatic heterocycles. The van der Waals surface area contributed by atoms with Crippen molar-refractivity contribution in [2.45, 2.75) is 52.1 Å². The van der Waals surface area contributed by atoms with Crippen LogP contribution in [0.5, 0.6) is 0 Å². The topological polar surface area (TPSA) is 41.0 Å². The van der Waals surface area contributed by atoms with Crippen molar-refractivity contribution in [2.75, 3.05) is 18.0 Å². The quantitative estimate of drug-likeness (QED) is 0.902. The minimum absolute atomic E-state index is 0.484. The average Bonchev–Trinajstić information content (AvgIpc) is 3.21. The van der Waals surface area contributed by atoms with Crippen LogP contribution < -0.4 is 10.2 Å². The summed E-state index contributed by atoms with van der Waals surface area (Å²) in [7, 11) is 0. The van der Waals surface area contributed by atoms with Gasteiger partial charge in [-0.25, -0.2) is 0 Å². The van der Waals surface area contributed by atoms with Gasteiger partial charge in [-0.05, 0) is 43.2 Å². The molecule has 3 rings (SSSR count). The number of nitrogens with zero attached hydrogens (tertiary/aromatic N) is 3. The van der Waals surface area contributed by atoms with Gasteiger partial charge in [0.25, 0.3) is 0 Å². The zero-order valence-corrected chi connectivity index (χ0v) is 12.0. The molecule has 0 aromatic carbocycles. The third-order valence-corrected chi connectivity index (χ3v) is 4.30. The van der Waals surface area contributed by atoms with E-state index in [9.17, 15) is 0 Å². The number of aromatic nitrogens is 2. The molecule has 1 aliphatic heterocycles. The van der Waals surface area contributed by atoms with Gasteiger partial charge in [0, 0.05) is 25.7 Å². The second kappa shape index (κ2) is 5.08. The van der Waals surface area contributed by atoms with Crippen molar-refractivity contribution >= 4 is 5.82 Å². The first-order chi connectivity index (χ1) is 9.12. The van der Waals surface area contributed by atoms with Crippen LogP contribution in [-0.2, 0) is 6.54 Å². The minimum Gasteiger partial charge on any atom is -0.355 e. The predicted octanol–water partition coefficient (Wildman–Crippen LogP) is 2.36. The fourth-order valence-corrected chi connectivity index (χ4v) is 2.49. The van der Waals surface area contributed by atoms with Gasteiger partial charge in [-0.3, -0.25) is 0 Å². The maximum Gasteiger partial charge on any atom is 0.151 e. The van der Waals surface area contributed by atoms with E-state index in [1.54, 1.807) is 0 Å². The molecule has 19 heavy (non-hydrogen) atoms. The summed E-state index contributed by atoms with van der Waals surface area (Å²) in [5.41, 5.74) is 1.53. The van der Waals surface area contributed by atoms with Crippen LogP contribution >= 0.6 is 0 Å². The maximum atomic E-state index is 4.38. The Kier molecular flexibility index (Phi) is 3.44. The van der Waals surface area contributed by atoms with Crippen molar-refractivity contribution in [2.24, 2.45) is 5.41 Å². The van der Waals surface area contributed by atoms with Gasteiger partial charge in [0.15, 0.2) is 5.82 Å². The lowest BCUT2D eigenvalue weighted by Gasteiger charge is -2.37. The highest BCUT2D eigenvalue weighted by Crippen LogP contribution is 2.31. The van der Waals surface area contributed by atoms with Crippen LogP contribution in [0.25, 0.3) is 0 Å². The molecule has 1 saturated heterocycles. The maximum absolute atomic E-state index is 4.38. The Morgan fingerprint density at radius 2 is 1.95 bits per heavy atom. The van der Waals surface area contributed by atoms with E-state index in [4.69, 9.17) is 0 Å². The van der Waals surface area contributed by atoms with Crippen LogP contribution in [0.2, 0.25) is 0 Å². The molecule has 1 aliphatic carbocycles. The Morgan fingerprint density at radius 1 is 1.21 bits per heavy atom. The van der Waals surface area contributed by atoms with Crippen molar-refractivity contribution in [3.05, 3.63) is 17.8 Å². The van der Waals surface area contributed by atoms with Gasteiger partial charge in [-0.15, -0.1) is 5.10 Å². The van der Waals surface area contributed by atoms with E-state index in [2.05, 4.69) is 46.4 Å². The van der Waals surface area contributed by atoms with Crippen molar-refractivity contribution in [1.29, 1.82) is 0 Å². The van der Waals surface area contributed by atoms with E-state index in [0.717, 1.165) is 37.2 Å². The highest BCUT2D eigenvalue weighted by Gasteiger charge is 2.26. The van der Waals surface area contributed by atoms with E-state index in [1.165, 1.54) is 25.7 Å². The largest absolute Gasteiger partial charge is 0.355 e. The second-order valence-corrected chi connectivity index (χ2v) is 6.69. The summed E-state index contributed by atoms with van der Waals surface area (Å²) in [5.74, 6) is 1.03. The lowest BCUT2D eigenvalue weighted by atomic mass is 9.83. The Labute approximate surface area is 115 Å². The lowest BCUT2D eigenvalue weighted by Crippen LogP contribution is -2.37. The normalized spacial score (nSPS) is 22.5. The summed E-state index contributed by atoms with van der Waals surface area (Å²) in [4.78, 5) is 2.36. The van der Waals surface area contributed by atoms with Gasteiger partial charge in [0.2, 0.25) is 0 Å². The second-order valence-electron chi connectivity index (χ2n) is 6.69. The number of rotatable bonds is 4. The molecule has 0 spiro atoms. The number of piperidine rings is 1. The summed E-state index contributed by atoms with van der Waals surface area (Å²) < 4.78 is 0. The summed E-state index contributed by atoms with van der Waals surface area (Å²) >= 11 is 0. The van der Waals surface area contributed by atoms with Crippen LogP contribution in [0, 0.1) is 5.41 Å². The zero-order chi connectivity index (χ0) is 13.3. The van der Waals surface area contributed by atoms with Gasteiger partial charge in [-0.1, -0.05) is 13.8 Å². The van der Waals surface area contributed by atoms with Gasteiger partial charge in [-0.2, -0.15) is 5.10 Å². The Balaban J connectivity index is 1.56. The number of nitrogens with one attached hydrogen (secondary N) is 1. The van der Waals surface area contributed by atoms with Gasteiger partial charge in [0.1, 0.15) is 0 Å². The Hall–Kier alpha value is -1.16. The zero-order valence-electron chi connectivity index (χ0n) is 12.0. The first kappa shape index (κ1) is 12.9. The van der Waals surface area contributed by atoms with Gasteiger partial charge < -0.3 is 10.2 Å². The number of hydrogen-bond donors (Lipinski definition) is 1. The van der Waals surface area contributed by atoms with Crippen LogP contribution in [0.3, 0.4) is 0 Å². The Bertz CT molecular complexity index is 412. The SMILES string of the molecule is CC1(C)CCN(c2ccc(CNC3CC3)nn2)CC1. The monoisotopic (exact) mass is 260 g/mol. The lowest BCUT2D eigenvalue weighted by molar-refractivity contribution is 0.279. The van der Waals surface area contributed by atoms with Crippen LogP contribution in [0.1, 0.15) is 45.2 Å².